The minimum atomic E-state index is -3.66. The van der Waals surface area contributed by atoms with Crippen LogP contribution in [0.3, 0.4) is 0 Å². The number of rotatable bonds is 4. The van der Waals surface area contributed by atoms with Crippen molar-refractivity contribution in [2.24, 2.45) is 0 Å². The molecular weight excluding hydrogens is 326 g/mol. The molecule has 1 fully saturated rings. The number of nitrogens with zero attached hydrogens (tertiary/aromatic N) is 3. The van der Waals surface area contributed by atoms with Crippen molar-refractivity contribution in [1.82, 2.24) is 14.1 Å². The number of benzene rings is 1. The molecule has 0 bridgehead atoms. The third-order valence-electron chi connectivity index (χ3n) is 4.62. The number of hydrogen-bond acceptors (Lipinski definition) is 4. The molecule has 1 amide bonds. The van der Waals surface area contributed by atoms with E-state index in [-0.39, 0.29) is 17.3 Å². The Morgan fingerprint density at radius 2 is 1.83 bits per heavy atom. The molecule has 0 spiro atoms. The maximum atomic E-state index is 12.7. The van der Waals surface area contributed by atoms with E-state index in [9.17, 15) is 13.2 Å². The summed E-state index contributed by atoms with van der Waals surface area (Å²) in [4.78, 5) is 16.6. The Bertz CT molecular complexity index is 703. The number of hydrogen-bond donors (Lipinski definition) is 0. The molecule has 0 aliphatic carbocycles. The fourth-order valence-electron chi connectivity index (χ4n) is 2.73. The van der Waals surface area contributed by atoms with Gasteiger partial charge in [0, 0.05) is 26.7 Å². The Morgan fingerprint density at radius 1 is 1.12 bits per heavy atom. The van der Waals surface area contributed by atoms with Crippen LogP contribution in [0.5, 0.6) is 0 Å². The molecule has 0 aromatic heterocycles. The molecule has 2 rings (SSSR count). The van der Waals surface area contributed by atoms with Crippen LogP contribution < -0.4 is 0 Å². The molecule has 1 heterocycles. The van der Waals surface area contributed by atoms with Crippen LogP contribution in [0.4, 0.5) is 0 Å². The van der Waals surface area contributed by atoms with Crippen molar-refractivity contribution in [3.63, 3.8) is 0 Å². The summed E-state index contributed by atoms with van der Waals surface area (Å²) in [5, 5.41) is 0. The summed E-state index contributed by atoms with van der Waals surface area (Å²) < 4.78 is 26.5. The fraction of sp³-hybridized carbons (Fsp3) is 0.588. The van der Waals surface area contributed by atoms with Gasteiger partial charge < -0.3 is 9.80 Å². The Balaban J connectivity index is 2.08. The zero-order valence-electron chi connectivity index (χ0n) is 14.9. The molecule has 7 heteroatoms. The summed E-state index contributed by atoms with van der Waals surface area (Å²) in [6.07, 6.45) is 0.913. The molecule has 0 saturated carbocycles. The van der Waals surface area contributed by atoms with Crippen molar-refractivity contribution < 1.29 is 13.2 Å². The number of carbonyl (C=O) groups excluding carboxylic acids is 1. The average Bonchev–Trinajstić information content (AvgIpc) is 2.74. The highest BCUT2D eigenvalue weighted by Gasteiger charge is 2.26. The van der Waals surface area contributed by atoms with Gasteiger partial charge >= 0.3 is 0 Å². The van der Waals surface area contributed by atoms with Crippen molar-refractivity contribution in [3.05, 3.63) is 29.3 Å². The highest BCUT2D eigenvalue weighted by atomic mass is 32.2. The molecule has 1 aliphatic heterocycles. The Labute approximate surface area is 145 Å². The molecule has 0 unspecified atom stereocenters. The molecule has 1 aromatic carbocycles. The normalized spacial score (nSPS) is 17.1. The van der Waals surface area contributed by atoms with E-state index in [2.05, 4.69) is 4.90 Å². The largest absolute Gasteiger partial charge is 0.340 e. The van der Waals surface area contributed by atoms with Crippen LogP contribution in [-0.4, -0.2) is 75.2 Å². The molecule has 0 radical (unpaired) electrons. The van der Waals surface area contributed by atoms with E-state index >= 15 is 0 Å². The fourth-order valence-corrected chi connectivity index (χ4v) is 3.93. The molecule has 0 N–H and O–H groups in total. The molecule has 1 aliphatic rings. The number of sulfonamides is 1. The predicted octanol–water partition coefficient (Wildman–Crippen LogP) is 1.09. The standard InChI is InChI=1S/C17H27N3O3S/c1-14-6-7-16(12-15(14)2)24(22,23)19(4)13-17(21)20-9-5-8-18(3)10-11-20/h6-7,12H,5,8-11,13H2,1-4H3. The molecule has 6 nitrogen and oxygen atoms in total. The van der Waals surface area contributed by atoms with E-state index in [4.69, 9.17) is 0 Å². The van der Waals surface area contributed by atoms with Crippen LogP contribution in [0.1, 0.15) is 17.5 Å². The van der Waals surface area contributed by atoms with E-state index in [0.29, 0.717) is 13.1 Å². The van der Waals surface area contributed by atoms with Crippen LogP contribution in [0.25, 0.3) is 0 Å². The SMILES string of the molecule is Cc1ccc(S(=O)(=O)N(C)CC(=O)N2CCCN(C)CC2)cc1C. The monoisotopic (exact) mass is 353 g/mol. The Hall–Kier alpha value is -1.44. The van der Waals surface area contributed by atoms with Gasteiger partial charge in [0.15, 0.2) is 0 Å². The zero-order valence-corrected chi connectivity index (χ0v) is 15.8. The van der Waals surface area contributed by atoms with Crippen molar-refractivity contribution in [1.29, 1.82) is 0 Å². The maximum absolute atomic E-state index is 12.7. The Kier molecular flexibility index (Phi) is 6.01. The summed E-state index contributed by atoms with van der Waals surface area (Å²) in [6, 6.07) is 5.05. The lowest BCUT2D eigenvalue weighted by atomic mass is 10.1. The van der Waals surface area contributed by atoms with Gasteiger partial charge in [-0.15, -0.1) is 0 Å². The van der Waals surface area contributed by atoms with Gasteiger partial charge in [-0.25, -0.2) is 8.42 Å². The minimum absolute atomic E-state index is 0.126. The third-order valence-corrected chi connectivity index (χ3v) is 6.42. The van der Waals surface area contributed by atoms with E-state index < -0.39 is 10.0 Å². The van der Waals surface area contributed by atoms with Crippen molar-refractivity contribution >= 4 is 15.9 Å². The summed E-state index contributed by atoms with van der Waals surface area (Å²) >= 11 is 0. The number of aryl methyl sites for hydroxylation is 2. The zero-order chi connectivity index (χ0) is 17.9. The quantitative estimate of drug-likeness (QED) is 0.813. The first-order chi connectivity index (χ1) is 11.2. The predicted molar refractivity (Wildman–Crippen MR) is 94.4 cm³/mol. The van der Waals surface area contributed by atoms with Gasteiger partial charge in [-0.05, 0) is 57.1 Å². The van der Waals surface area contributed by atoms with Crippen LogP contribution in [0, 0.1) is 13.8 Å². The smallest absolute Gasteiger partial charge is 0.243 e. The highest BCUT2D eigenvalue weighted by molar-refractivity contribution is 7.89. The van der Waals surface area contributed by atoms with Crippen LogP contribution in [-0.2, 0) is 14.8 Å². The first kappa shape index (κ1) is 18.9. The summed E-state index contributed by atoms with van der Waals surface area (Å²) in [7, 11) is -0.160. The minimum Gasteiger partial charge on any atom is -0.340 e. The van der Waals surface area contributed by atoms with Crippen LogP contribution >= 0.6 is 0 Å². The third kappa shape index (κ3) is 4.34. The molecular formula is C17H27N3O3S. The van der Waals surface area contributed by atoms with E-state index in [1.807, 2.05) is 20.9 Å². The van der Waals surface area contributed by atoms with Gasteiger partial charge in [-0.1, -0.05) is 6.07 Å². The van der Waals surface area contributed by atoms with Gasteiger partial charge in [0.2, 0.25) is 15.9 Å². The first-order valence-electron chi connectivity index (χ1n) is 8.21. The van der Waals surface area contributed by atoms with Gasteiger partial charge in [-0.3, -0.25) is 4.79 Å². The second-order valence-electron chi connectivity index (χ2n) is 6.54. The van der Waals surface area contributed by atoms with E-state index in [0.717, 1.165) is 34.9 Å². The molecule has 1 saturated heterocycles. The molecule has 134 valence electrons. The van der Waals surface area contributed by atoms with Gasteiger partial charge in [-0.2, -0.15) is 4.31 Å². The van der Waals surface area contributed by atoms with Gasteiger partial charge in [0.25, 0.3) is 0 Å². The number of amides is 1. The van der Waals surface area contributed by atoms with Crippen LogP contribution in [0.15, 0.2) is 23.1 Å². The molecule has 1 aromatic rings. The lowest BCUT2D eigenvalue weighted by molar-refractivity contribution is -0.131. The second-order valence-corrected chi connectivity index (χ2v) is 8.59. The van der Waals surface area contributed by atoms with Crippen LogP contribution in [0.2, 0.25) is 0 Å². The molecule has 24 heavy (non-hydrogen) atoms. The average molecular weight is 353 g/mol. The summed E-state index contributed by atoms with van der Waals surface area (Å²) in [6.45, 7) is 6.80. The van der Waals surface area contributed by atoms with Crippen molar-refractivity contribution in [2.75, 3.05) is 46.8 Å². The van der Waals surface area contributed by atoms with Gasteiger partial charge in [0.1, 0.15) is 0 Å². The van der Waals surface area contributed by atoms with Gasteiger partial charge in [0.05, 0.1) is 11.4 Å². The summed E-state index contributed by atoms with van der Waals surface area (Å²) in [5.41, 5.74) is 1.97. The van der Waals surface area contributed by atoms with E-state index in [1.165, 1.54) is 7.05 Å². The maximum Gasteiger partial charge on any atom is 0.243 e. The Morgan fingerprint density at radius 3 is 2.50 bits per heavy atom. The second kappa shape index (κ2) is 7.63. The number of likely N-dealkylation sites (N-methyl/N-ethyl adjacent to an activating group) is 2. The lowest BCUT2D eigenvalue weighted by Crippen LogP contribution is -2.42. The number of carbonyl (C=O) groups is 1. The highest BCUT2D eigenvalue weighted by Crippen LogP contribution is 2.18. The first-order valence-corrected chi connectivity index (χ1v) is 9.65. The lowest BCUT2D eigenvalue weighted by Gasteiger charge is -2.24. The van der Waals surface area contributed by atoms with Crippen molar-refractivity contribution in [2.45, 2.75) is 25.2 Å². The molecule has 0 atom stereocenters. The van der Waals surface area contributed by atoms with E-state index in [1.54, 1.807) is 23.1 Å². The van der Waals surface area contributed by atoms with Crippen molar-refractivity contribution in [3.8, 4) is 0 Å². The topological polar surface area (TPSA) is 60.9 Å². The summed E-state index contributed by atoms with van der Waals surface area (Å²) in [5.74, 6) is -0.139.